The number of benzene rings is 2. The molecule has 2 aromatic carbocycles. The molecule has 8 heteroatoms. The lowest BCUT2D eigenvalue weighted by Crippen LogP contribution is -2.48. The largest absolute Gasteiger partial charge is 0.368 e. The van der Waals surface area contributed by atoms with Gasteiger partial charge in [-0.1, -0.05) is 37.3 Å². The number of aromatic nitrogens is 1. The molecule has 0 unspecified atom stereocenters. The molecule has 0 saturated carbocycles. The summed E-state index contributed by atoms with van der Waals surface area (Å²) in [5, 5.41) is 15.3. The smallest absolute Gasteiger partial charge is 0.295 e. The van der Waals surface area contributed by atoms with Gasteiger partial charge in [-0.3, -0.25) is 19.8 Å². The third kappa shape index (κ3) is 4.55. The summed E-state index contributed by atoms with van der Waals surface area (Å²) in [6.45, 7) is 7.21. The summed E-state index contributed by atoms with van der Waals surface area (Å²) in [4.78, 5) is 32.4. The highest BCUT2D eigenvalue weighted by atomic mass is 16.6. The molecule has 0 spiro atoms. The zero-order chi connectivity index (χ0) is 22.7. The molecule has 2 heterocycles. The molecule has 1 aliphatic heterocycles. The molecule has 0 aliphatic carbocycles. The lowest BCUT2D eigenvalue weighted by Gasteiger charge is -2.36. The number of pyridine rings is 1. The standard InChI is InChI=1S/C24H27N5O3/c1-3-18-7-4-5-9-20(18)26-23(30)16-27-11-13-28(14-12-27)22-15-17(2)25-24-19(22)8-6-10-21(24)29(31)32/h4-10,15H,3,11-14,16H2,1-2H3,(H,26,30). The number of non-ortho nitro benzene ring substituents is 1. The molecule has 1 amide bonds. The van der Waals surface area contributed by atoms with Crippen LogP contribution in [0.3, 0.4) is 0 Å². The van der Waals surface area contributed by atoms with Gasteiger partial charge >= 0.3 is 0 Å². The van der Waals surface area contributed by atoms with Crippen LogP contribution in [0.1, 0.15) is 18.2 Å². The average molecular weight is 434 g/mol. The molecule has 3 aromatic rings. The van der Waals surface area contributed by atoms with Crippen LogP contribution >= 0.6 is 0 Å². The highest BCUT2D eigenvalue weighted by Gasteiger charge is 2.23. The minimum Gasteiger partial charge on any atom is -0.368 e. The van der Waals surface area contributed by atoms with Crippen LogP contribution in [0.25, 0.3) is 10.9 Å². The van der Waals surface area contributed by atoms with Crippen LogP contribution in [0.2, 0.25) is 0 Å². The van der Waals surface area contributed by atoms with Gasteiger partial charge in [-0.25, -0.2) is 4.98 Å². The first kappa shape index (κ1) is 21.7. The minimum absolute atomic E-state index is 0.0137. The number of nitrogens with one attached hydrogen (secondary N) is 1. The quantitative estimate of drug-likeness (QED) is 0.470. The number of nitro benzene ring substituents is 1. The van der Waals surface area contributed by atoms with Crippen molar-refractivity contribution in [1.29, 1.82) is 0 Å². The lowest BCUT2D eigenvalue weighted by atomic mass is 10.1. The number of piperazine rings is 1. The number of aryl methyl sites for hydroxylation is 2. The van der Waals surface area contributed by atoms with Crippen molar-refractivity contribution in [2.75, 3.05) is 42.9 Å². The van der Waals surface area contributed by atoms with E-state index in [-0.39, 0.29) is 16.5 Å². The van der Waals surface area contributed by atoms with Gasteiger partial charge in [0.25, 0.3) is 5.69 Å². The third-order valence-corrected chi connectivity index (χ3v) is 5.87. The SMILES string of the molecule is CCc1ccccc1NC(=O)CN1CCN(c2cc(C)nc3c([N+](=O)[O-])cccc23)CC1. The predicted molar refractivity (Wildman–Crippen MR) is 126 cm³/mol. The Morgan fingerprint density at radius 3 is 2.59 bits per heavy atom. The number of rotatable bonds is 6. The van der Waals surface area contributed by atoms with Crippen molar-refractivity contribution in [3.63, 3.8) is 0 Å². The van der Waals surface area contributed by atoms with Crippen LogP contribution in [-0.2, 0) is 11.2 Å². The van der Waals surface area contributed by atoms with Gasteiger partial charge in [0.1, 0.15) is 0 Å². The van der Waals surface area contributed by atoms with Gasteiger partial charge in [0.15, 0.2) is 5.52 Å². The molecule has 1 aromatic heterocycles. The number of hydrogen-bond donors (Lipinski definition) is 1. The van der Waals surface area contributed by atoms with E-state index in [1.54, 1.807) is 6.07 Å². The zero-order valence-corrected chi connectivity index (χ0v) is 18.4. The fourth-order valence-corrected chi connectivity index (χ4v) is 4.24. The number of fused-ring (bicyclic) bond motifs is 1. The molecule has 1 saturated heterocycles. The summed E-state index contributed by atoms with van der Waals surface area (Å²) in [5.41, 5.74) is 4.15. The van der Waals surface area contributed by atoms with Crippen LogP contribution in [0.5, 0.6) is 0 Å². The second-order valence-electron chi connectivity index (χ2n) is 8.04. The number of hydrogen-bond acceptors (Lipinski definition) is 6. The Morgan fingerprint density at radius 1 is 1.12 bits per heavy atom. The van der Waals surface area contributed by atoms with Gasteiger partial charge in [0.05, 0.1) is 11.5 Å². The van der Waals surface area contributed by atoms with Crippen molar-refractivity contribution < 1.29 is 9.72 Å². The summed E-state index contributed by atoms with van der Waals surface area (Å²) in [7, 11) is 0. The summed E-state index contributed by atoms with van der Waals surface area (Å²) in [5.74, 6) is -0.0137. The first-order chi connectivity index (χ1) is 15.5. The highest BCUT2D eigenvalue weighted by Crippen LogP contribution is 2.32. The van der Waals surface area contributed by atoms with Crippen LogP contribution in [0.15, 0.2) is 48.5 Å². The van der Waals surface area contributed by atoms with Crippen molar-refractivity contribution in [2.45, 2.75) is 20.3 Å². The lowest BCUT2D eigenvalue weighted by molar-refractivity contribution is -0.383. The fourth-order valence-electron chi connectivity index (χ4n) is 4.24. The monoisotopic (exact) mass is 433 g/mol. The summed E-state index contributed by atoms with van der Waals surface area (Å²) < 4.78 is 0. The topological polar surface area (TPSA) is 91.6 Å². The molecule has 8 nitrogen and oxygen atoms in total. The molecule has 32 heavy (non-hydrogen) atoms. The Balaban J connectivity index is 1.44. The molecule has 4 rings (SSSR count). The van der Waals surface area contributed by atoms with E-state index in [1.165, 1.54) is 6.07 Å². The molecule has 166 valence electrons. The Kier molecular flexibility index (Phi) is 6.32. The maximum atomic E-state index is 12.6. The highest BCUT2D eigenvalue weighted by molar-refractivity contribution is 5.97. The van der Waals surface area contributed by atoms with Crippen LogP contribution in [-0.4, -0.2) is 53.4 Å². The van der Waals surface area contributed by atoms with Crippen LogP contribution < -0.4 is 10.2 Å². The number of carbonyl (C=O) groups is 1. The number of carbonyl (C=O) groups excluding carboxylic acids is 1. The molecule has 0 atom stereocenters. The van der Waals surface area contributed by atoms with Gasteiger partial charge in [0, 0.05) is 54.7 Å². The van der Waals surface area contributed by atoms with Crippen molar-refractivity contribution >= 4 is 33.9 Å². The Labute approximate surface area is 187 Å². The summed E-state index contributed by atoms with van der Waals surface area (Å²) in [6, 6.07) is 14.9. The van der Waals surface area contributed by atoms with Crippen LogP contribution in [0, 0.1) is 17.0 Å². The maximum Gasteiger partial charge on any atom is 0.295 e. The fraction of sp³-hybridized carbons (Fsp3) is 0.333. The first-order valence-electron chi connectivity index (χ1n) is 10.9. The Hall–Kier alpha value is -3.52. The zero-order valence-electron chi connectivity index (χ0n) is 18.4. The normalized spacial score (nSPS) is 14.5. The molecule has 1 fully saturated rings. The van der Waals surface area contributed by atoms with Crippen molar-refractivity contribution in [2.24, 2.45) is 0 Å². The minimum atomic E-state index is -0.383. The Morgan fingerprint density at radius 2 is 1.88 bits per heavy atom. The predicted octanol–water partition coefficient (Wildman–Crippen LogP) is 3.77. The van der Waals surface area contributed by atoms with E-state index in [9.17, 15) is 14.9 Å². The summed E-state index contributed by atoms with van der Waals surface area (Å²) in [6.07, 6.45) is 0.868. The van der Waals surface area contributed by atoms with E-state index in [2.05, 4.69) is 27.0 Å². The van der Waals surface area contributed by atoms with Crippen LogP contribution in [0.4, 0.5) is 17.1 Å². The maximum absolute atomic E-state index is 12.6. The van der Waals surface area contributed by atoms with Crippen molar-refractivity contribution in [3.8, 4) is 0 Å². The Bertz CT molecular complexity index is 1160. The second kappa shape index (κ2) is 9.32. The van der Waals surface area contributed by atoms with E-state index >= 15 is 0 Å². The first-order valence-corrected chi connectivity index (χ1v) is 10.9. The van der Waals surface area contributed by atoms with Crippen molar-refractivity contribution in [1.82, 2.24) is 9.88 Å². The molecule has 1 N–H and O–H groups in total. The van der Waals surface area contributed by atoms with Gasteiger partial charge in [-0.05, 0) is 31.0 Å². The average Bonchev–Trinajstić information content (AvgIpc) is 2.79. The second-order valence-corrected chi connectivity index (χ2v) is 8.04. The number of nitrogens with zero attached hydrogens (tertiary/aromatic N) is 4. The molecule has 1 aliphatic rings. The van der Waals surface area contributed by atoms with E-state index in [4.69, 9.17) is 0 Å². The number of nitro groups is 1. The van der Waals surface area contributed by atoms with Gasteiger partial charge < -0.3 is 10.2 Å². The van der Waals surface area contributed by atoms with E-state index in [0.717, 1.165) is 60.6 Å². The molecule has 0 radical (unpaired) electrons. The molecular formula is C24H27N5O3. The number of para-hydroxylation sites is 2. The molecular weight excluding hydrogens is 406 g/mol. The number of amides is 1. The van der Waals surface area contributed by atoms with Crippen molar-refractivity contribution in [3.05, 3.63) is 69.9 Å². The van der Waals surface area contributed by atoms with Gasteiger partial charge in [0.2, 0.25) is 5.91 Å². The van der Waals surface area contributed by atoms with E-state index in [0.29, 0.717) is 12.1 Å². The number of anilines is 2. The molecule has 0 bridgehead atoms. The van der Waals surface area contributed by atoms with Gasteiger partial charge in [-0.15, -0.1) is 0 Å². The summed E-state index contributed by atoms with van der Waals surface area (Å²) >= 11 is 0. The van der Waals surface area contributed by atoms with E-state index in [1.807, 2.05) is 43.3 Å². The van der Waals surface area contributed by atoms with Gasteiger partial charge in [-0.2, -0.15) is 0 Å². The third-order valence-electron chi connectivity index (χ3n) is 5.87. The van der Waals surface area contributed by atoms with E-state index < -0.39 is 0 Å².